The monoisotopic (exact) mass is 159 g/mol. The average molecular weight is 159 g/mol. The molecule has 4 atom stereocenters. The lowest BCUT2D eigenvalue weighted by Gasteiger charge is -2.15. The molecule has 1 saturated heterocycles. The number of hydrogen-bond acceptors (Lipinski definition) is 3. The molecule has 4 nitrogen and oxygen atoms in total. The van der Waals surface area contributed by atoms with E-state index < -0.39 is 6.29 Å². The number of aliphatic hydroxyl groups excluding tert-OH is 1. The summed E-state index contributed by atoms with van der Waals surface area (Å²) in [6.07, 6.45) is -0.265. The van der Waals surface area contributed by atoms with Gasteiger partial charge in [0.2, 0.25) is 6.41 Å². The van der Waals surface area contributed by atoms with Crippen molar-refractivity contribution in [2.75, 3.05) is 0 Å². The van der Waals surface area contributed by atoms with Crippen molar-refractivity contribution in [3.05, 3.63) is 0 Å². The third kappa shape index (κ3) is 1.52. The molecule has 1 fully saturated rings. The Kier molecular flexibility index (Phi) is 2.46. The molecule has 0 spiro atoms. The Morgan fingerprint density at radius 2 is 2.18 bits per heavy atom. The minimum Gasteiger partial charge on any atom is -0.366 e. The van der Waals surface area contributed by atoms with Crippen molar-refractivity contribution in [3.63, 3.8) is 0 Å². The maximum atomic E-state index is 10.1. The van der Waals surface area contributed by atoms with Gasteiger partial charge in [0.15, 0.2) is 6.29 Å². The van der Waals surface area contributed by atoms with E-state index in [-0.39, 0.29) is 18.1 Å². The lowest BCUT2D eigenvalue weighted by atomic mass is 10.0. The third-order valence-corrected chi connectivity index (χ3v) is 2.23. The van der Waals surface area contributed by atoms with Gasteiger partial charge < -0.3 is 15.2 Å². The minimum absolute atomic E-state index is 0.00227. The minimum atomic E-state index is -0.856. The summed E-state index contributed by atoms with van der Waals surface area (Å²) in [6, 6.07) is -0.262. The number of hydrogen-bond donors (Lipinski definition) is 2. The van der Waals surface area contributed by atoms with Crippen molar-refractivity contribution in [1.29, 1.82) is 0 Å². The number of carbonyl (C=O) groups excluding carboxylic acids is 1. The van der Waals surface area contributed by atoms with Crippen molar-refractivity contribution in [2.24, 2.45) is 5.92 Å². The first-order valence-electron chi connectivity index (χ1n) is 3.70. The third-order valence-electron chi connectivity index (χ3n) is 2.23. The number of rotatable bonds is 2. The zero-order valence-electron chi connectivity index (χ0n) is 6.65. The van der Waals surface area contributed by atoms with E-state index in [9.17, 15) is 9.90 Å². The van der Waals surface area contributed by atoms with Crippen LogP contribution in [0.15, 0.2) is 0 Å². The highest BCUT2D eigenvalue weighted by molar-refractivity contribution is 5.47. The highest BCUT2D eigenvalue weighted by atomic mass is 16.6. The summed E-state index contributed by atoms with van der Waals surface area (Å²) in [5.41, 5.74) is 0. The summed E-state index contributed by atoms with van der Waals surface area (Å²) < 4.78 is 5.07. The van der Waals surface area contributed by atoms with E-state index in [1.165, 1.54) is 0 Å². The van der Waals surface area contributed by atoms with Gasteiger partial charge in [-0.3, -0.25) is 4.79 Å². The first-order chi connectivity index (χ1) is 5.16. The molecule has 4 heteroatoms. The second-order valence-electron chi connectivity index (χ2n) is 2.90. The molecule has 0 aromatic carbocycles. The van der Waals surface area contributed by atoms with Gasteiger partial charge in [-0.15, -0.1) is 0 Å². The largest absolute Gasteiger partial charge is 0.366 e. The molecule has 1 aliphatic heterocycles. The summed E-state index contributed by atoms with van der Waals surface area (Å²) in [5.74, 6) is 0.162. The van der Waals surface area contributed by atoms with Crippen LogP contribution >= 0.6 is 0 Å². The molecular formula is C7H13NO3. The van der Waals surface area contributed by atoms with Gasteiger partial charge in [-0.25, -0.2) is 0 Å². The predicted molar refractivity (Wildman–Crippen MR) is 38.7 cm³/mol. The molecule has 0 aromatic rings. The standard InChI is InChI=1S/C7H13NO3/c1-4-5(2)11-7(10)6(4)8-3-9/h3-7,10H,1-2H3,(H,8,9)/t4-,5-,6-,7?/m1/s1. The lowest BCUT2D eigenvalue weighted by molar-refractivity contribution is -0.116. The molecule has 1 unspecified atom stereocenters. The number of aliphatic hydroxyl groups is 1. The maximum Gasteiger partial charge on any atom is 0.207 e. The Labute approximate surface area is 65.5 Å². The van der Waals surface area contributed by atoms with Crippen molar-refractivity contribution in [3.8, 4) is 0 Å². The van der Waals surface area contributed by atoms with Crippen LogP contribution in [0.4, 0.5) is 0 Å². The molecule has 0 bridgehead atoms. The Hall–Kier alpha value is -0.610. The van der Waals surface area contributed by atoms with Crippen LogP contribution in [0.3, 0.4) is 0 Å². The second-order valence-corrected chi connectivity index (χ2v) is 2.90. The molecule has 1 amide bonds. The molecule has 11 heavy (non-hydrogen) atoms. The van der Waals surface area contributed by atoms with Gasteiger partial charge in [-0.1, -0.05) is 6.92 Å². The summed E-state index contributed by atoms with van der Waals surface area (Å²) >= 11 is 0. The fourth-order valence-corrected chi connectivity index (χ4v) is 1.29. The Morgan fingerprint density at radius 3 is 2.55 bits per heavy atom. The Morgan fingerprint density at radius 1 is 1.55 bits per heavy atom. The van der Waals surface area contributed by atoms with Gasteiger partial charge in [-0.2, -0.15) is 0 Å². The van der Waals surface area contributed by atoms with Crippen molar-refractivity contribution < 1.29 is 14.6 Å². The van der Waals surface area contributed by atoms with Crippen LogP contribution in [0, 0.1) is 5.92 Å². The first kappa shape index (κ1) is 8.49. The molecule has 1 aliphatic rings. The normalized spacial score (nSPS) is 43.9. The van der Waals surface area contributed by atoms with Crippen LogP contribution in [0.1, 0.15) is 13.8 Å². The van der Waals surface area contributed by atoms with Crippen molar-refractivity contribution >= 4 is 6.41 Å². The summed E-state index contributed by atoms with van der Waals surface area (Å²) in [6.45, 7) is 3.81. The lowest BCUT2D eigenvalue weighted by Crippen LogP contribution is -2.39. The van der Waals surface area contributed by atoms with Gasteiger partial charge in [0, 0.05) is 5.92 Å². The van der Waals surface area contributed by atoms with Crippen LogP contribution in [0.5, 0.6) is 0 Å². The molecule has 1 heterocycles. The second kappa shape index (κ2) is 3.19. The van der Waals surface area contributed by atoms with Crippen molar-refractivity contribution in [1.82, 2.24) is 5.32 Å². The molecule has 0 saturated carbocycles. The summed E-state index contributed by atoms with van der Waals surface area (Å²) in [4.78, 5) is 10.1. The van der Waals surface area contributed by atoms with Crippen LogP contribution in [0.2, 0.25) is 0 Å². The Balaban J connectivity index is 2.55. The van der Waals surface area contributed by atoms with Crippen LogP contribution in [0.25, 0.3) is 0 Å². The molecule has 1 rings (SSSR count). The van der Waals surface area contributed by atoms with Gasteiger partial charge in [0.1, 0.15) is 0 Å². The Bertz CT molecular complexity index is 151. The van der Waals surface area contributed by atoms with E-state index in [1.54, 1.807) is 0 Å². The van der Waals surface area contributed by atoms with Crippen LogP contribution in [-0.2, 0) is 9.53 Å². The molecule has 2 N–H and O–H groups in total. The van der Waals surface area contributed by atoms with E-state index in [2.05, 4.69) is 5.32 Å². The number of amides is 1. The van der Waals surface area contributed by atoms with E-state index in [0.717, 1.165) is 0 Å². The van der Waals surface area contributed by atoms with Crippen LogP contribution < -0.4 is 5.32 Å². The fraction of sp³-hybridized carbons (Fsp3) is 0.857. The first-order valence-corrected chi connectivity index (χ1v) is 3.70. The van der Waals surface area contributed by atoms with Gasteiger partial charge in [-0.05, 0) is 6.92 Å². The van der Waals surface area contributed by atoms with E-state index >= 15 is 0 Å². The van der Waals surface area contributed by atoms with Crippen molar-refractivity contribution in [2.45, 2.75) is 32.3 Å². The quantitative estimate of drug-likeness (QED) is 0.533. The highest BCUT2D eigenvalue weighted by Gasteiger charge is 2.37. The van der Waals surface area contributed by atoms with E-state index in [0.29, 0.717) is 6.41 Å². The zero-order valence-corrected chi connectivity index (χ0v) is 6.65. The molecule has 0 aromatic heterocycles. The molecule has 0 aliphatic carbocycles. The molecule has 0 radical (unpaired) electrons. The topological polar surface area (TPSA) is 58.6 Å². The predicted octanol–water partition coefficient (Wildman–Crippen LogP) is -0.526. The molecular weight excluding hydrogens is 146 g/mol. The maximum absolute atomic E-state index is 10.1. The highest BCUT2D eigenvalue weighted by Crippen LogP contribution is 2.24. The molecule has 64 valence electrons. The smallest absolute Gasteiger partial charge is 0.207 e. The van der Waals surface area contributed by atoms with E-state index in [4.69, 9.17) is 4.74 Å². The zero-order chi connectivity index (χ0) is 8.43. The summed E-state index contributed by atoms with van der Waals surface area (Å²) in [5, 5.41) is 11.7. The summed E-state index contributed by atoms with van der Waals surface area (Å²) in [7, 11) is 0. The van der Waals surface area contributed by atoms with Gasteiger partial charge in [0.25, 0.3) is 0 Å². The van der Waals surface area contributed by atoms with Gasteiger partial charge in [0.05, 0.1) is 12.1 Å². The average Bonchev–Trinajstić information content (AvgIpc) is 2.17. The number of nitrogens with one attached hydrogen (secondary N) is 1. The van der Waals surface area contributed by atoms with Crippen LogP contribution in [-0.4, -0.2) is 30.0 Å². The number of carbonyl (C=O) groups is 1. The van der Waals surface area contributed by atoms with E-state index in [1.807, 2.05) is 13.8 Å². The number of ether oxygens (including phenoxy) is 1. The van der Waals surface area contributed by atoms with Gasteiger partial charge >= 0.3 is 0 Å². The SMILES string of the molecule is C[C@@H]1[C@@H](C)OC(O)[C@@H]1NC=O. The fourth-order valence-electron chi connectivity index (χ4n) is 1.29.